The Balaban J connectivity index is 1.70. The summed E-state index contributed by atoms with van der Waals surface area (Å²) in [6.07, 6.45) is 1.39. The summed E-state index contributed by atoms with van der Waals surface area (Å²) in [5.74, 6) is 0.0191. The van der Waals surface area contributed by atoms with E-state index < -0.39 is 0 Å². The molecule has 5 aromatic rings. The monoisotopic (exact) mass is 458 g/mol. The molecule has 3 aromatic heterocycles. The maximum atomic E-state index is 14.0. The lowest BCUT2D eigenvalue weighted by Crippen LogP contribution is -2.31. The lowest BCUT2D eigenvalue weighted by molar-refractivity contribution is 0.0985. The summed E-state index contributed by atoms with van der Waals surface area (Å²) in [6, 6.07) is 13.9. The van der Waals surface area contributed by atoms with Gasteiger partial charge in [-0.2, -0.15) is 0 Å². The molecule has 0 saturated heterocycles. The van der Waals surface area contributed by atoms with Crippen LogP contribution in [0, 0.1) is 20.8 Å². The standard InChI is InChI=1S/C25H22N4O3S/c1-14-10-15(2)21-18(11-14)27-25(33-21)29(12-17-8-6-5-7-9-17)24(31)19-16(3)32-22-20(19)23(30)28(4)13-26-22/h5-11,13H,12H2,1-4H3. The number of amides is 1. The van der Waals surface area contributed by atoms with Gasteiger partial charge in [0.15, 0.2) is 5.13 Å². The van der Waals surface area contributed by atoms with E-state index in [0.717, 1.165) is 26.9 Å². The summed E-state index contributed by atoms with van der Waals surface area (Å²) in [4.78, 5) is 37.5. The molecule has 0 bridgehead atoms. The van der Waals surface area contributed by atoms with Crippen molar-refractivity contribution in [3.63, 3.8) is 0 Å². The summed E-state index contributed by atoms with van der Waals surface area (Å²) < 4.78 is 8.08. The van der Waals surface area contributed by atoms with Crippen molar-refractivity contribution in [2.24, 2.45) is 7.05 Å². The summed E-state index contributed by atoms with van der Waals surface area (Å²) >= 11 is 1.47. The van der Waals surface area contributed by atoms with Gasteiger partial charge < -0.3 is 8.98 Å². The van der Waals surface area contributed by atoms with E-state index in [1.165, 1.54) is 22.2 Å². The van der Waals surface area contributed by atoms with Crippen LogP contribution in [0.1, 0.15) is 32.8 Å². The average Bonchev–Trinajstić information content (AvgIpc) is 3.36. The van der Waals surface area contributed by atoms with Gasteiger partial charge in [-0.05, 0) is 43.5 Å². The molecule has 0 aliphatic heterocycles. The third kappa shape index (κ3) is 3.62. The molecular weight excluding hydrogens is 436 g/mol. The van der Waals surface area contributed by atoms with Crippen molar-refractivity contribution in [2.45, 2.75) is 27.3 Å². The fourth-order valence-electron chi connectivity index (χ4n) is 4.05. The number of rotatable bonds is 4. The molecule has 33 heavy (non-hydrogen) atoms. The molecule has 0 N–H and O–H groups in total. The number of furan rings is 1. The first-order valence-electron chi connectivity index (χ1n) is 10.5. The van der Waals surface area contributed by atoms with Gasteiger partial charge in [0.1, 0.15) is 17.5 Å². The highest BCUT2D eigenvalue weighted by molar-refractivity contribution is 7.22. The third-order valence-corrected chi connectivity index (χ3v) is 6.86. The van der Waals surface area contributed by atoms with Crippen molar-refractivity contribution >= 4 is 43.7 Å². The normalized spacial score (nSPS) is 11.4. The molecule has 0 saturated carbocycles. The van der Waals surface area contributed by atoms with E-state index in [-0.39, 0.29) is 28.1 Å². The molecule has 0 radical (unpaired) electrons. The van der Waals surface area contributed by atoms with Crippen LogP contribution in [0.3, 0.4) is 0 Å². The van der Waals surface area contributed by atoms with Gasteiger partial charge in [-0.3, -0.25) is 14.5 Å². The van der Waals surface area contributed by atoms with E-state index in [9.17, 15) is 9.59 Å². The van der Waals surface area contributed by atoms with Crippen LogP contribution in [0.2, 0.25) is 0 Å². The molecule has 8 heteroatoms. The van der Waals surface area contributed by atoms with E-state index in [0.29, 0.717) is 17.4 Å². The van der Waals surface area contributed by atoms with Gasteiger partial charge in [0.25, 0.3) is 11.5 Å². The fraction of sp³-hybridized carbons (Fsp3) is 0.200. The quantitative estimate of drug-likeness (QED) is 0.382. The van der Waals surface area contributed by atoms with Crippen molar-refractivity contribution in [2.75, 3.05) is 4.90 Å². The predicted octanol–water partition coefficient (Wildman–Crippen LogP) is 4.91. The highest BCUT2D eigenvalue weighted by Crippen LogP contribution is 2.34. The second kappa shape index (κ2) is 7.97. The van der Waals surface area contributed by atoms with Crippen molar-refractivity contribution in [1.29, 1.82) is 0 Å². The van der Waals surface area contributed by atoms with Gasteiger partial charge in [-0.15, -0.1) is 0 Å². The first-order valence-corrected chi connectivity index (χ1v) is 11.3. The Morgan fingerprint density at radius 1 is 1.15 bits per heavy atom. The maximum absolute atomic E-state index is 14.0. The van der Waals surface area contributed by atoms with Crippen LogP contribution in [-0.4, -0.2) is 20.4 Å². The van der Waals surface area contributed by atoms with Gasteiger partial charge >= 0.3 is 0 Å². The Labute approximate surface area is 193 Å². The molecular formula is C25H22N4O3S. The van der Waals surface area contributed by atoms with Crippen LogP contribution in [-0.2, 0) is 13.6 Å². The number of thiazole rings is 1. The van der Waals surface area contributed by atoms with Crippen LogP contribution in [0.25, 0.3) is 21.3 Å². The number of aromatic nitrogens is 3. The van der Waals surface area contributed by atoms with Gasteiger partial charge in [0.05, 0.1) is 22.3 Å². The molecule has 0 aliphatic rings. The minimum absolute atomic E-state index is 0.161. The topological polar surface area (TPSA) is 81.2 Å². The number of hydrogen-bond acceptors (Lipinski definition) is 6. The van der Waals surface area contributed by atoms with E-state index >= 15 is 0 Å². The average molecular weight is 459 g/mol. The zero-order chi connectivity index (χ0) is 23.3. The second-order valence-electron chi connectivity index (χ2n) is 8.18. The number of aryl methyl sites for hydroxylation is 4. The zero-order valence-electron chi connectivity index (χ0n) is 18.7. The van der Waals surface area contributed by atoms with Gasteiger partial charge in [0.2, 0.25) is 5.71 Å². The number of carbonyl (C=O) groups is 1. The summed E-state index contributed by atoms with van der Waals surface area (Å²) in [5, 5.41) is 0.760. The van der Waals surface area contributed by atoms with Gasteiger partial charge in [-0.1, -0.05) is 47.7 Å². The van der Waals surface area contributed by atoms with E-state index in [2.05, 4.69) is 11.1 Å². The number of benzene rings is 2. The van der Waals surface area contributed by atoms with E-state index in [1.54, 1.807) is 18.9 Å². The highest BCUT2D eigenvalue weighted by Gasteiger charge is 2.29. The van der Waals surface area contributed by atoms with Crippen LogP contribution < -0.4 is 10.5 Å². The van der Waals surface area contributed by atoms with E-state index in [4.69, 9.17) is 9.40 Å². The molecule has 0 aliphatic carbocycles. The Hall–Kier alpha value is -3.78. The lowest BCUT2D eigenvalue weighted by atomic mass is 10.1. The first kappa shape index (κ1) is 21.1. The molecule has 7 nitrogen and oxygen atoms in total. The number of fused-ring (bicyclic) bond motifs is 2. The Morgan fingerprint density at radius 3 is 2.67 bits per heavy atom. The molecule has 0 unspecified atom stereocenters. The smallest absolute Gasteiger partial charge is 0.265 e. The highest BCUT2D eigenvalue weighted by atomic mass is 32.1. The summed E-state index contributed by atoms with van der Waals surface area (Å²) in [7, 11) is 1.60. The Bertz CT molecular complexity index is 1580. The van der Waals surface area contributed by atoms with Crippen molar-refractivity contribution in [1.82, 2.24) is 14.5 Å². The molecule has 2 aromatic carbocycles. The van der Waals surface area contributed by atoms with Crippen LogP contribution >= 0.6 is 11.3 Å². The van der Waals surface area contributed by atoms with Crippen LogP contribution in [0.15, 0.2) is 58.0 Å². The largest absolute Gasteiger partial charge is 0.442 e. The minimum atomic E-state index is -0.339. The number of carbonyl (C=O) groups excluding carboxylic acids is 1. The molecule has 0 spiro atoms. The lowest BCUT2D eigenvalue weighted by Gasteiger charge is -2.20. The van der Waals surface area contributed by atoms with Crippen molar-refractivity contribution < 1.29 is 9.21 Å². The van der Waals surface area contributed by atoms with Crippen molar-refractivity contribution in [3.05, 3.63) is 87.2 Å². The van der Waals surface area contributed by atoms with Crippen molar-refractivity contribution in [3.8, 4) is 0 Å². The zero-order valence-corrected chi connectivity index (χ0v) is 19.6. The molecule has 1 amide bonds. The summed E-state index contributed by atoms with van der Waals surface area (Å²) in [6.45, 7) is 6.07. The van der Waals surface area contributed by atoms with Crippen LogP contribution in [0.5, 0.6) is 0 Å². The molecule has 3 heterocycles. The minimum Gasteiger partial charge on any atom is -0.442 e. The Morgan fingerprint density at radius 2 is 1.91 bits per heavy atom. The molecule has 0 atom stereocenters. The predicted molar refractivity (Wildman–Crippen MR) is 130 cm³/mol. The van der Waals surface area contributed by atoms with Gasteiger partial charge in [-0.25, -0.2) is 9.97 Å². The van der Waals surface area contributed by atoms with Crippen LogP contribution in [0.4, 0.5) is 5.13 Å². The maximum Gasteiger partial charge on any atom is 0.265 e. The molecule has 166 valence electrons. The van der Waals surface area contributed by atoms with Gasteiger partial charge in [0, 0.05) is 7.05 Å². The van der Waals surface area contributed by atoms with E-state index in [1.807, 2.05) is 50.2 Å². The number of nitrogens with zero attached hydrogens (tertiary/aromatic N) is 4. The fourth-order valence-corrected chi connectivity index (χ4v) is 5.07. The SMILES string of the molecule is Cc1cc(C)c2sc(N(Cc3ccccc3)C(=O)c3c(C)oc4ncn(C)c(=O)c34)nc2c1. The Kier molecular flexibility index (Phi) is 5.09. The second-order valence-corrected chi connectivity index (χ2v) is 9.15. The molecule has 0 fully saturated rings. The first-order chi connectivity index (χ1) is 15.8. The number of hydrogen-bond donors (Lipinski definition) is 0. The summed E-state index contributed by atoms with van der Waals surface area (Å²) in [5.41, 5.74) is 4.10. The third-order valence-electron chi connectivity index (χ3n) is 5.63. The molecule has 5 rings (SSSR count). The number of anilines is 1.